The first kappa shape index (κ1) is 16.2. The quantitative estimate of drug-likeness (QED) is 0.657. The molecule has 1 heterocycles. The number of carbonyl (C=O) groups excluding carboxylic acids is 1. The standard InChI is InChI=1S/C14H23N3O3/c1-10-8-11(2)17-13(18)12(10)9-16-14(19)15-6-4-5-7-20-3/h8H,4-7,9H2,1-3H3,(H,17,18)(H2,15,16,19). The summed E-state index contributed by atoms with van der Waals surface area (Å²) in [5.74, 6) is 0. The molecule has 0 saturated carbocycles. The first-order valence-electron chi connectivity index (χ1n) is 6.74. The van der Waals surface area contributed by atoms with Crippen molar-refractivity contribution >= 4 is 6.03 Å². The number of unbranched alkanes of at least 4 members (excludes halogenated alkanes) is 1. The van der Waals surface area contributed by atoms with Crippen molar-refractivity contribution in [1.29, 1.82) is 0 Å². The van der Waals surface area contributed by atoms with Crippen LogP contribution in [-0.4, -0.2) is 31.3 Å². The van der Waals surface area contributed by atoms with E-state index >= 15 is 0 Å². The summed E-state index contributed by atoms with van der Waals surface area (Å²) in [6.45, 7) is 5.21. The Morgan fingerprint density at radius 2 is 2.05 bits per heavy atom. The van der Waals surface area contributed by atoms with Gasteiger partial charge in [-0.15, -0.1) is 0 Å². The van der Waals surface area contributed by atoms with Gasteiger partial charge in [0, 0.05) is 31.5 Å². The van der Waals surface area contributed by atoms with Gasteiger partial charge >= 0.3 is 6.03 Å². The fourth-order valence-corrected chi connectivity index (χ4v) is 1.91. The highest BCUT2D eigenvalue weighted by atomic mass is 16.5. The molecular weight excluding hydrogens is 258 g/mol. The Bertz CT molecular complexity index is 497. The molecule has 2 amide bonds. The number of rotatable bonds is 7. The Morgan fingerprint density at radius 1 is 1.30 bits per heavy atom. The summed E-state index contributed by atoms with van der Waals surface area (Å²) in [4.78, 5) is 26.1. The van der Waals surface area contributed by atoms with Gasteiger partial charge in [-0.3, -0.25) is 4.79 Å². The number of urea groups is 1. The van der Waals surface area contributed by atoms with E-state index in [2.05, 4.69) is 15.6 Å². The van der Waals surface area contributed by atoms with Crippen LogP contribution in [0.2, 0.25) is 0 Å². The predicted octanol–water partition coefficient (Wildman–Crippen LogP) is 1.22. The Hall–Kier alpha value is -1.82. The average molecular weight is 281 g/mol. The topological polar surface area (TPSA) is 83.2 Å². The maximum absolute atomic E-state index is 11.8. The van der Waals surface area contributed by atoms with Crippen molar-refractivity contribution in [2.24, 2.45) is 0 Å². The van der Waals surface area contributed by atoms with Gasteiger partial charge in [-0.25, -0.2) is 4.79 Å². The van der Waals surface area contributed by atoms with E-state index in [1.807, 2.05) is 19.9 Å². The van der Waals surface area contributed by atoms with Crippen molar-refractivity contribution < 1.29 is 9.53 Å². The predicted molar refractivity (Wildman–Crippen MR) is 77.9 cm³/mol. The summed E-state index contributed by atoms with van der Waals surface area (Å²) in [6, 6.07) is 1.63. The third-order valence-electron chi connectivity index (χ3n) is 2.98. The number of ether oxygens (including phenoxy) is 1. The molecule has 3 N–H and O–H groups in total. The number of H-pyrrole nitrogens is 1. The number of methoxy groups -OCH3 is 1. The maximum atomic E-state index is 11.8. The van der Waals surface area contributed by atoms with Crippen LogP contribution in [0.15, 0.2) is 10.9 Å². The molecule has 1 rings (SSSR count). The van der Waals surface area contributed by atoms with Crippen LogP contribution in [0.1, 0.15) is 29.7 Å². The van der Waals surface area contributed by atoms with E-state index in [-0.39, 0.29) is 18.1 Å². The highest BCUT2D eigenvalue weighted by molar-refractivity contribution is 5.73. The van der Waals surface area contributed by atoms with E-state index in [4.69, 9.17) is 4.74 Å². The minimum Gasteiger partial charge on any atom is -0.385 e. The van der Waals surface area contributed by atoms with Gasteiger partial charge in [-0.05, 0) is 38.3 Å². The van der Waals surface area contributed by atoms with Gasteiger partial charge in [0.05, 0.1) is 6.54 Å². The molecular formula is C14H23N3O3. The Labute approximate surface area is 118 Å². The van der Waals surface area contributed by atoms with Crippen LogP contribution in [0.25, 0.3) is 0 Å². The molecule has 0 spiro atoms. The number of aromatic nitrogens is 1. The van der Waals surface area contributed by atoms with Crippen LogP contribution < -0.4 is 16.2 Å². The van der Waals surface area contributed by atoms with E-state index in [0.29, 0.717) is 18.7 Å². The summed E-state index contributed by atoms with van der Waals surface area (Å²) in [7, 11) is 1.65. The fraction of sp³-hybridized carbons (Fsp3) is 0.571. The van der Waals surface area contributed by atoms with Crippen LogP contribution in [0.3, 0.4) is 0 Å². The lowest BCUT2D eigenvalue weighted by Gasteiger charge is -2.09. The van der Waals surface area contributed by atoms with Crippen molar-refractivity contribution in [2.45, 2.75) is 33.2 Å². The van der Waals surface area contributed by atoms with Crippen molar-refractivity contribution in [3.63, 3.8) is 0 Å². The van der Waals surface area contributed by atoms with E-state index in [0.717, 1.165) is 24.1 Å². The summed E-state index contributed by atoms with van der Waals surface area (Å²) in [5.41, 5.74) is 2.14. The molecule has 6 heteroatoms. The highest BCUT2D eigenvalue weighted by Gasteiger charge is 2.06. The zero-order chi connectivity index (χ0) is 15.0. The van der Waals surface area contributed by atoms with Gasteiger partial charge in [-0.2, -0.15) is 0 Å². The monoisotopic (exact) mass is 281 g/mol. The minimum absolute atomic E-state index is 0.150. The lowest BCUT2D eigenvalue weighted by Crippen LogP contribution is -2.37. The number of pyridine rings is 1. The molecule has 0 aliphatic carbocycles. The molecule has 0 unspecified atom stereocenters. The van der Waals surface area contributed by atoms with Gasteiger partial charge in [0.15, 0.2) is 0 Å². The molecule has 0 radical (unpaired) electrons. The zero-order valence-corrected chi connectivity index (χ0v) is 12.3. The second kappa shape index (κ2) is 8.37. The number of amides is 2. The third-order valence-corrected chi connectivity index (χ3v) is 2.98. The van der Waals surface area contributed by atoms with Crippen LogP contribution in [0, 0.1) is 13.8 Å². The van der Waals surface area contributed by atoms with E-state index < -0.39 is 0 Å². The largest absolute Gasteiger partial charge is 0.385 e. The number of aryl methyl sites for hydroxylation is 2. The van der Waals surface area contributed by atoms with Gasteiger partial charge in [0.2, 0.25) is 0 Å². The second-order valence-electron chi connectivity index (χ2n) is 4.75. The molecule has 112 valence electrons. The van der Waals surface area contributed by atoms with Gasteiger partial charge in [0.1, 0.15) is 0 Å². The minimum atomic E-state index is -0.262. The van der Waals surface area contributed by atoms with E-state index in [9.17, 15) is 9.59 Å². The lowest BCUT2D eigenvalue weighted by atomic mass is 10.1. The Morgan fingerprint density at radius 3 is 2.70 bits per heavy atom. The molecule has 0 aliphatic heterocycles. The fourth-order valence-electron chi connectivity index (χ4n) is 1.91. The Kier molecular flexibility index (Phi) is 6.79. The molecule has 0 atom stereocenters. The van der Waals surface area contributed by atoms with Crippen LogP contribution in [0.5, 0.6) is 0 Å². The van der Waals surface area contributed by atoms with Gasteiger partial charge in [-0.1, -0.05) is 0 Å². The van der Waals surface area contributed by atoms with Crippen molar-refractivity contribution in [1.82, 2.24) is 15.6 Å². The van der Waals surface area contributed by atoms with Crippen molar-refractivity contribution in [2.75, 3.05) is 20.3 Å². The van der Waals surface area contributed by atoms with E-state index in [1.54, 1.807) is 7.11 Å². The first-order chi connectivity index (χ1) is 9.54. The second-order valence-corrected chi connectivity index (χ2v) is 4.75. The highest BCUT2D eigenvalue weighted by Crippen LogP contribution is 2.02. The number of hydrogen-bond acceptors (Lipinski definition) is 3. The van der Waals surface area contributed by atoms with Crippen molar-refractivity contribution in [3.05, 3.63) is 33.2 Å². The van der Waals surface area contributed by atoms with Crippen molar-refractivity contribution in [3.8, 4) is 0 Å². The molecule has 20 heavy (non-hydrogen) atoms. The average Bonchev–Trinajstić information content (AvgIpc) is 2.37. The molecule has 0 saturated heterocycles. The summed E-state index contributed by atoms with van der Waals surface area (Å²) in [5, 5.41) is 5.43. The zero-order valence-electron chi connectivity index (χ0n) is 12.3. The molecule has 0 aromatic carbocycles. The molecule has 0 aliphatic rings. The van der Waals surface area contributed by atoms with E-state index in [1.165, 1.54) is 0 Å². The normalized spacial score (nSPS) is 10.3. The summed E-state index contributed by atoms with van der Waals surface area (Å²) >= 11 is 0. The molecule has 1 aromatic rings. The SMILES string of the molecule is COCCCCNC(=O)NCc1c(C)cc(C)[nH]c1=O. The third kappa shape index (κ3) is 5.44. The van der Waals surface area contributed by atoms with Crippen LogP contribution in [-0.2, 0) is 11.3 Å². The molecule has 6 nitrogen and oxygen atoms in total. The van der Waals surface area contributed by atoms with Crippen LogP contribution >= 0.6 is 0 Å². The Balaban J connectivity index is 2.36. The number of nitrogens with one attached hydrogen (secondary N) is 3. The summed E-state index contributed by atoms with van der Waals surface area (Å²) in [6.07, 6.45) is 1.78. The number of hydrogen-bond donors (Lipinski definition) is 3. The smallest absolute Gasteiger partial charge is 0.315 e. The molecule has 0 fully saturated rings. The number of aromatic amines is 1. The van der Waals surface area contributed by atoms with Crippen LogP contribution in [0.4, 0.5) is 4.79 Å². The summed E-state index contributed by atoms with van der Waals surface area (Å²) < 4.78 is 4.92. The first-order valence-corrected chi connectivity index (χ1v) is 6.74. The molecule has 1 aromatic heterocycles. The molecule has 0 bridgehead atoms. The lowest BCUT2D eigenvalue weighted by molar-refractivity contribution is 0.192. The number of carbonyl (C=O) groups is 1. The van der Waals surface area contributed by atoms with Gasteiger partial charge < -0.3 is 20.4 Å². The maximum Gasteiger partial charge on any atom is 0.315 e. The van der Waals surface area contributed by atoms with Gasteiger partial charge in [0.25, 0.3) is 5.56 Å².